The van der Waals surface area contributed by atoms with Crippen LogP contribution in [0.3, 0.4) is 0 Å². The summed E-state index contributed by atoms with van der Waals surface area (Å²) in [6, 6.07) is 13.2. The van der Waals surface area contributed by atoms with E-state index in [4.69, 9.17) is 4.18 Å². The van der Waals surface area contributed by atoms with Gasteiger partial charge in [0.25, 0.3) is 15.7 Å². The van der Waals surface area contributed by atoms with Gasteiger partial charge in [0.1, 0.15) is 5.52 Å². The lowest BCUT2D eigenvalue weighted by molar-refractivity contribution is 0.289. The highest BCUT2D eigenvalue weighted by Crippen LogP contribution is 2.13. The maximum absolute atomic E-state index is 12.2. The van der Waals surface area contributed by atoms with Crippen LogP contribution in [0.4, 0.5) is 0 Å². The number of aryl methyl sites for hydroxylation is 1. The fraction of sp³-hybridized carbons (Fsp3) is 0.188. The number of aromatic nitrogens is 3. The van der Waals surface area contributed by atoms with Gasteiger partial charge >= 0.3 is 0 Å². The second-order valence-corrected chi connectivity index (χ2v) is 6.84. The lowest BCUT2D eigenvalue weighted by Gasteiger charge is -2.07. The molecule has 0 bridgehead atoms. The molecule has 0 aliphatic heterocycles. The van der Waals surface area contributed by atoms with Crippen LogP contribution in [0.25, 0.3) is 10.9 Å². The molecule has 1 aromatic heterocycles. The van der Waals surface area contributed by atoms with Crippen molar-refractivity contribution in [2.75, 3.05) is 6.61 Å². The van der Waals surface area contributed by atoms with E-state index in [0.717, 1.165) is 10.2 Å². The summed E-state index contributed by atoms with van der Waals surface area (Å²) in [5.74, 6) is 0. The minimum Gasteiger partial charge on any atom is -0.267 e. The van der Waals surface area contributed by atoms with Gasteiger partial charge in [-0.15, -0.1) is 5.10 Å². The molecule has 0 aliphatic carbocycles. The molecule has 0 atom stereocenters. The summed E-state index contributed by atoms with van der Waals surface area (Å²) < 4.78 is 30.2. The van der Waals surface area contributed by atoms with Crippen LogP contribution in [0.15, 0.2) is 58.2 Å². The van der Waals surface area contributed by atoms with Crippen molar-refractivity contribution in [1.82, 2.24) is 15.0 Å². The van der Waals surface area contributed by atoms with Crippen LogP contribution in [-0.2, 0) is 20.8 Å². The smallest absolute Gasteiger partial charge is 0.267 e. The van der Waals surface area contributed by atoms with Crippen molar-refractivity contribution < 1.29 is 12.6 Å². The highest BCUT2D eigenvalue weighted by atomic mass is 32.2. The summed E-state index contributed by atoms with van der Waals surface area (Å²) in [7, 11) is -3.87. The maximum Gasteiger partial charge on any atom is 0.297 e. The summed E-state index contributed by atoms with van der Waals surface area (Å²) in [5, 5.41) is 8.15. The predicted molar refractivity (Wildman–Crippen MR) is 88.1 cm³/mol. The Labute approximate surface area is 138 Å². The number of fused-ring (bicyclic) bond motifs is 1. The molecule has 0 saturated heterocycles. The van der Waals surface area contributed by atoms with Crippen LogP contribution in [0.1, 0.15) is 5.56 Å². The van der Waals surface area contributed by atoms with Crippen molar-refractivity contribution in [3.63, 3.8) is 0 Å². The number of hydrogen-bond donors (Lipinski definition) is 0. The molecule has 0 saturated carbocycles. The maximum atomic E-state index is 12.2. The molecule has 0 spiro atoms. The van der Waals surface area contributed by atoms with Crippen LogP contribution >= 0.6 is 0 Å². The number of hydrogen-bond acceptors (Lipinski definition) is 6. The van der Waals surface area contributed by atoms with Gasteiger partial charge in [0.2, 0.25) is 0 Å². The molecule has 0 fully saturated rings. The number of nitrogens with zero attached hydrogens (tertiary/aromatic N) is 3. The molecular weight excluding hydrogens is 330 g/mol. The average Bonchev–Trinajstić information content (AvgIpc) is 2.57. The third-order valence-electron chi connectivity index (χ3n) is 3.48. The van der Waals surface area contributed by atoms with Crippen LogP contribution in [0.2, 0.25) is 0 Å². The Balaban J connectivity index is 1.73. The Kier molecular flexibility index (Phi) is 4.41. The normalized spacial score (nSPS) is 11.7. The Morgan fingerprint density at radius 3 is 2.54 bits per heavy atom. The van der Waals surface area contributed by atoms with E-state index in [1.807, 2.05) is 6.92 Å². The topological polar surface area (TPSA) is 91.2 Å². The SMILES string of the molecule is Cc1ccc(S(=O)(=O)OCCn2nnc3ccccc3c2=O)cc1. The first-order valence-electron chi connectivity index (χ1n) is 7.26. The molecule has 24 heavy (non-hydrogen) atoms. The third-order valence-corrected chi connectivity index (χ3v) is 4.81. The summed E-state index contributed by atoms with van der Waals surface area (Å²) in [6.45, 7) is 1.65. The standard InChI is InChI=1S/C16H15N3O4S/c1-12-6-8-13(9-7-12)24(21,22)23-11-10-19-16(20)14-4-2-3-5-15(14)17-18-19/h2-9H,10-11H2,1H3. The first kappa shape index (κ1) is 16.3. The van der Waals surface area contributed by atoms with E-state index in [0.29, 0.717) is 10.9 Å². The summed E-state index contributed by atoms with van der Waals surface area (Å²) in [5.41, 5.74) is 1.11. The Bertz CT molecular complexity index is 1030. The summed E-state index contributed by atoms with van der Waals surface area (Å²) in [4.78, 5) is 12.3. The minimum atomic E-state index is -3.87. The van der Waals surface area contributed by atoms with Gasteiger partial charge < -0.3 is 0 Å². The predicted octanol–water partition coefficient (Wildman–Crippen LogP) is 1.51. The first-order valence-corrected chi connectivity index (χ1v) is 8.67. The van der Waals surface area contributed by atoms with E-state index >= 15 is 0 Å². The second kappa shape index (κ2) is 6.50. The van der Waals surface area contributed by atoms with Crippen LogP contribution in [0, 0.1) is 6.92 Å². The molecule has 8 heteroatoms. The van der Waals surface area contributed by atoms with Crippen LogP contribution < -0.4 is 5.56 Å². The summed E-state index contributed by atoms with van der Waals surface area (Å²) in [6.07, 6.45) is 0. The van der Waals surface area contributed by atoms with Crippen molar-refractivity contribution in [2.45, 2.75) is 18.4 Å². The molecule has 0 aliphatic rings. The van der Waals surface area contributed by atoms with Gasteiger partial charge in [-0.3, -0.25) is 8.98 Å². The Hall–Kier alpha value is -2.58. The molecule has 3 rings (SSSR count). The monoisotopic (exact) mass is 345 g/mol. The molecule has 0 amide bonds. The highest BCUT2D eigenvalue weighted by Gasteiger charge is 2.15. The Morgan fingerprint density at radius 1 is 1.08 bits per heavy atom. The highest BCUT2D eigenvalue weighted by molar-refractivity contribution is 7.86. The molecule has 0 N–H and O–H groups in total. The zero-order valence-electron chi connectivity index (χ0n) is 12.9. The van der Waals surface area contributed by atoms with E-state index in [-0.39, 0.29) is 23.6 Å². The van der Waals surface area contributed by atoms with Gasteiger partial charge in [-0.1, -0.05) is 35.0 Å². The van der Waals surface area contributed by atoms with Gasteiger partial charge in [0, 0.05) is 0 Å². The second-order valence-electron chi connectivity index (χ2n) is 5.22. The number of benzene rings is 2. The largest absolute Gasteiger partial charge is 0.297 e. The lowest BCUT2D eigenvalue weighted by atomic mass is 10.2. The lowest BCUT2D eigenvalue weighted by Crippen LogP contribution is -2.26. The zero-order chi connectivity index (χ0) is 17.2. The fourth-order valence-electron chi connectivity index (χ4n) is 2.18. The molecule has 2 aromatic carbocycles. The molecule has 0 unspecified atom stereocenters. The molecule has 3 aromatic rings. The van der Waals surface area contributed by atoms with Gasteiger partial charge in [-0.2, -0.15) is 8.42 Å². The average molecular weight is 345 g/mol. The first-order chi connectivity index (χ1) is 11.5. The van der Waals surface area contributed by atoms with E-state index < -0.39 is 10.1 Å². The van der Waals surface area contributed by atoms with Gasteiger partial charge in [-0.05, 0) is 31.2 Å². The molecule has 0 radical (unpaired) electrons. The Morgan fingerprint density at radius 2 is 1.79 bits per heavy atom. The van der Waals surface area contributed by atoms with E-state index in [9.17, 15) is 13.2 Å². The van der Waals surface area contributed by atoms with Crippen molar-refractivity contribution in [2.24, 2.45) is 0 Å². The van der Waals surface area contributed by atoms with E-state index in [1.54, 1.807) is 36.4 Å². The van der Waals surface area contributed by atoms with Gasteiger partial charge in [-0.25, -0.2) is 4.68 Å². The summed E-state index contributed by atoms with van der Waals surface area (Å²) >= 11 is 0. The van der Waals surface area contributed by atoms with Crippen molar-refractivity contribution in [3.8, 4) is 0 Å². The number of rotatable bonds is 5. The van der Waals surface area contributed by atoms with Crippen molar-refractivity contribution >= 4 is 21.0 Å². The quantitative estimate of drug-likeness (QED) is 0.651. The molecule has 1 heterocycles. The zero-order valence-corrected chi connectivity index (χ0v) is 13.7. The molecule has 7 nitrogen and oxygen atoms in total. The van der Waals surface area contributed by atoms with E-state index in [1.165, 1.54) is 12.1 Å². The van der Waals surface area contributed by atoms with Crippen molar-refractivity contribution in [3.05, 3.63) is 64.4 Å². The van der Waals surface area contributed by atoms with Crippen LogP contribution in [-0.4, -0.2) is 30.0 Å². The van der Waals surface area contributed by atoms with Crippen molar-refractivity contribution in [1.29, 1.82) is 0 Å². The fourth-order valence-corrected chi connectivity index (χ4v) is 3.08. The third kappa shape index (κ3) is 3.34. The van der Waals surface area contributed by atoms with E-state index in [2.05, 4.69) is 10.3 Å². The molecular formula is C16H15N3O4S. The van der Waals surface area contributed by atoms with Gasteiger partial charge in [0.15, 0.2) is 0 Å². The minimum absolute atomic E-state index is 0.0121. The van der Waals surface area contributed by atoms with Crippen LogP contribution in [0.5, 0.6) is 0 Å². The van der Waals surface area contributed by atoms with Gasteiger partial charge in [0.05, 0.1) is 23.4 Å². The molecule has 124 valence electrons.